The van der Waals surface area contributed by atoms with Crippen LogP contribution < -0.4 is 16.0 Å². The van der Waals surface area contributed by atoms with Crippen LogP contribution in [0.3, 0.4) is 0 Å². The number of nitroso groups, excluding NO2 is 1. The monoisotopic (exact) mass is 437 g/mol. The van der Waals surface area contributed by atoms with Crippen molar-refractivity contribution in [2.24, 2.45) is 11.1 Å². The zero-order chi connectivity index (χ0) is 22.2. The highest BCUT2D eigenvalue weighted by molar-refractivity contribution is 5.73. The molecule has 1 unspecified atom stereocenters. The summed E-state index contributed by atoms with van der Waals surface area (Å²) in [5.41, 5.74) is 3.07. The van der Waals surface area contributed by atoms with Crippen LogP contribution in [0.4, 0.5) is 11.8 Å². The van der Waals surface area contributed by atoms with Gasteiger partial charge in [0, 0.05) is 25.0 Å². The first kappa shape index (κ1) is 22.6. The van der Waals surface area contributed by atoms with Crippen LogP contribution in [0, 0.1) is 10.8 Å². The lowest BCUT2D eigenvalue weighted by molar-refractivity contribution is 0.410. The minimum atomic E-state index is -0.0477. The Hall–Kier alpha value is -2.61. The molecule has 1 aliphatic heterocycles. The third-order valence-electron chi connectivity index (χ3n) is 6.58. The lowest BCUT2D eigenvalue weighted by atomic mass is 9.91. The Kier molecular flexibility index (Phi) is 7.98. The fraction of sp³-hybridized carbons (Fsp3) is 0.625. The molecule has 1 atom stereocenters. The van der Waals surface area contributed by atoms with Gasteiger partial charge in [0.15, 0.2) is 0 Å². The fourth-order valence-electron chi connectivity index (χ4n) is 4.59. The first-order chi connectivity index (χ1) is 15.7. The van der Waals surface area contributed by atoms with Crippen LogP contribution in [0.2, 0.25) is 0 Å². The number of hydrogen-bond acceptors (Lipinski definition) is 8. The van der Waals surface area contributed by atoms with Crippen LogP contribution in [-0.2, 0) is 6.42 Å². The van der Waals surface area contributed by atoms with Crippen molar-refractivity contribution in [3.8, 4) is 11.3 Å². The molecule has 172 valence electrons. The summed E-state index contributed by atoms with van der Waals surface area (Å²) in [6.45, 7) is 5.24. The highest BCUT2D eigenvalue weighted by Crippen LogP contribution is 2.30. The summed E-state index contributed by atoms with van der Waals surface area (Å²) in [6.07, 6.45) is 11.8. The highest BCUT2D eigenvalue weighted by atomic mass is 16.3. The summed E-state index contributed by atoms with van der Waals surface area (Å²) in [7, 11) is 0. The Bertz CT molecular complexity index is 859. The summed E-state index contributed by atoms with van der Waals surface area (Å²) >= 11 is 0. The van der Waals surface area contributed by atoms with Gasteiger partial charge in [-0.05, 0) is 75.6 Å². The zero-order valence-electron chi connectivity index (χ0n) is 19.0. The summed E-state index contributed by atoms with van der Waals surface area (Å²) in [5.74, 6) is 2.15. The van der Waals surface area contributed by atoms with E-state index in [1.165, 1.54) is 12.0 Å². The molecule has 0 spiro atoms. The maximum atomic E-state index is 10.9. The number of rotatable bonds is 10. The average Bonchev–Trinajstić information content (AvgIpc) is 3.34. The van der Waals surface area contributed by atoms with E-state index in [-0.39, 0.29) is 12.1 Å². The van der Waals surface area contributed by atoms with Crippen LogP contribution >= 0.6 is 0 Å². The van der Waals surface area contributed by atoms with Gasteiger partial charge in [-0.3, -0.25) is 4.98 Å². The SMILES string of the molecule is CCCCNc1ncc(-c2ccc(CC3CCNC3)cn2)c(NC2CCC(N=O)CC2)n1. The second-order valence-corrected chi connectivity index (χ2v) is 9.11. The Balaban J connectivity index is 1.50. The molecule has 2 aromatic rings. The molecule has 1 saturated carbocycles. The smallest absolute Gasteiger partial charge is 0.224 e. The first-order valence-electron chi connectivity index (χ1n) is 12.1. The molecular formula is C24H35N7O. The molecule has 0 amide bonds. The van der Waals surface area contributed by atoms with E-state index in [1.54, 1.807) is 0 Å². The third kappa shape index (κ3) is 6.00. The van der Waals surface area contributed by atoms with Gasteiger partial charge in [-0.15, -0.1) is 0 Å². The quantitative estimate of drug-likeness (QED) is 0.374. The molecule has 8 heteroatoms. The molecule has 0 bridgehead atoms. The number of hydrogen-bond donors (Lipinski definition) is 3. The lowest BCUT2D eigenvalue weighted by Crippen LogP contribution is -2.28. The Labute approximate surface area is 190 Å². The van der Waals surface area contributed by atoms with Gasteiger partial charge >= 0.3 is 0 Å². The molecule has 3 heterocycles. The molecule has 8 nitrogen and oxygen atoms in total. The minimum absolute atomic E-state index is 0.0477. The predicted octanol–water partition coefficient (Wildman–Crippen LogP) is 4.39. The van der Waals surface area contributed by atoms with Crippen LogP contribution in [0.5, 0.6) is 0 Å². The van der Waals surface area contributed by atoms with Gasteiger partial charge in [0.1, 0.15) is 5.82 Å². The molecule has 1 saturated heterocycles. The Morgan fingerprint density at radius 3 is 2.69 bits per heavy atom. The molecule has 32 heavy (non-hydrogen) atoms. The Morgan fingerprint density at radius 1 is 1.12 bits per heavy atom. The number of nitrogens with one attached hydrogen (secondary N) is 3. The van der Waals surface area contributed by atoms with Crippen LogP contribution in [-0.4, -0.2) is 46.7 Å². The van der Waals surface area contributed by atoms with Crippen molar-refractivity contribution in [3.63, 3.8) is 0 Å². The predicted molar refractivity (Wildman–Crippen MR) is 129 cm³/mol. The van der Waals surface area contributed by atoms with Crippen molar-refractivity contribution in [3.05, 3.63) is 35.0 Å². The van der Waals surface area contributed by atoms with E-state index < -0.39 is 0 Å². The number of anilines is 2. The number of unbranched alkanes of at least 4 members (excludes halogenated alkanes) is 1. The third-order valence-corrected chi connectivity index (χ3v) is 6.58. The van der Waals surface area contributed by atoms with E-state index in [0.717, 1.165) is 81.7 Å². The van der Waals surface area contributed by atoms with Crippen molar-refractivity contribution >= 4 is 11.8 Å². The molecule has 0 aromatic carbocycles. The second-order valence-electron chi connectivity index (χ2n) is 9.11. The van der Waals surface area contributed by atoms with Crippen LogP contribution in [0.25, 0.3) is 11.3 Å². The van der Waals surface area contributed by atoms with Gasteiger partial charge in [0.2, 0.25) is 5.95 Å². The maximum Gasteiger partial charge on any atom is 0.224 e. The maximum absolute atomic E-state index is 10.9. The average molecular weight is 438 g/mol. The second kappa shape index (κ2) is 11.3. The molecule has 2 aliphatic rings. The molecule has 4 rings (SSSR count). The van der Waals surface area contributed by atoms with Crippen molar-refractivity contribution in [1.29, 1.82) is 0 Å². The van der Waals surface area contributed by atoms with Crippen LogP contribution in [0.15, 0.2) is 29.7 Å². The standard InChI is InChI=1S/C24H35N7O/c1-2-3-11-26-24-28-16-21(23(30-24)29-19-5-7-20(31-32)8-6-19)22-9-4-17(15-27-22)13-18-10-12-25-14-18/h4,9,15-16,18-20,25H,2-3,5-8,10-14H2,1H3,(H2,26,28,29,30). The number of nitrogens with zero attached hydrogens (tertiary/aromatic N) is 4. The summed E-state index contributed by atoms with van der Waals surface area (Å²) < 4.78 is 0. The van der Waals surface area contributed by atoms with Gasteiger partial charge in [0.05, 0.1) is 17.3 Å². The van der Waals surface area contributed by atoms with E-state index in [2.05, 4.69) is 45.2 Å². The van der Waals surface area contributed by atoms with Gasteiger partial charge in [-0.25, -0.2) is 4.98 Å². The highest BCUT2D eigenvalue weighted by Gasteiger charge is 2.23. The molecule has 2 aromatic heterocycles. The number of aromatic nitrogens is 3. The van der Waals surface area contributed by atoms with E-state index in [0.29, 0.717) is 11.9 Å². The van der Waals surface area contributed by atoms with E-state index in [4.69, 9.17) is 9.97 Å². The van der Waals surface area contributed by atoms with Crippen molar-refractivity contribution in [1.82, 2.24) is 20.3 Å². The molecule has 0 radical (unpaired) electrons. The topological polar surface area (TPSA) is 104 Å². The fourth-order valence-corrected chi connectivity index (χ4v) is 4.59. The normalized spacial score (nSPS) is 23.1. The Morgan fingerprint density at radius 2 is 2.00 bits per heavy atom. The number of pyridine rings is 1. The zero-order valence-corrected chi connectivity index (χ0v) is 19.0. The van der Waals surface area contributed by atoms with E-state index in [9.17, 15) is 4.91 Å². The summed E-state index contributed by atoms with van der Waals surface area (Å²) in [4.78, 5) is 25.0. The van der Waals surface area contributed by atoms with Gasteiger partial charge < -0.3 is 16.0 Å². The van der Waals surface area contributed by atoms with Crippen LogP contribution in [0.1, 0.15) is 57.4 Å². The largest absolute Gasteiger partial charge is 0.367 e. The van der Waals surface area contributed by atoms with Crippen molar-refractivity contribution < 1.29 is 0 Å². The van der Waals surface area contributed by atoms with Crippen molar-refractivity contribution in [2.75, 3.05) is 30.3 Å². The molecule has 1 aliphatic carbocycles. The molecule has 2 fully saturated rings. The molecular weight excluding hydrogens is 402 g/mol. The van der Waals surface area contributed by atoms with E-state index in [1.807, 2.05) is 12.4 Å². The first-order valence-corrected chi connectivity index (χ1v) is 12.1. The van der Waals surface area contributed by atoms with Gasteiger partial charge in [-0.1, -0.05) is 24.6 Å². The summed E-state index contributed by atoms with van der Waals surface area (Å²) in [6, 6.07) is 4.49. The van der Waals surface area contributed by atoms with Crippen molar-refractivity contribution in [2.45, 2.75) is 70.4 Å². The van der Waals surface area contributed by atoms with E-state index >= 15 is 0 Å². The van der Waals surface area contributed by atoms with Gasteiger partial charge in [0.25, 0.3) is 0 Å². The molecule has 3 N–H and O–H groups in total. The minimum Gasteiger partial charge on any atom is -0.367 e. The lowest BCUT2D eigenvalue weighted by Gasteiger charge is -2.26. The summed E-state index contributed by atoms with van der Waals surface area (Å²) in [5, 5.41) is 13.6. The van der Waals surface area contributed by atoms with Gasteiger partial charge in [-0.2, -0.15) is 9.89 Å².